The van der Waals surface area contributed by atoms with Crippen LogP contribution < -0.4 is 5.90 Å². The lowest BCUT2D eigenvalue weighted by Gasteiger charge is -1.84. The molecule has 0 aliphatic carbocycles. The van der Waals surface area contributed by atoms with E-state index in [-0.39, 0.29) is 9.39 Å². The fourth-order valence-corrected chi connectivity index (χ4v) is 0. The maximum Gasteiger partial charge on any atom is 0.235 e. The first-order chi connectivity index (χ1) is 2.56. The third-order valence-electron chi connectivity index (χ3n) is 0.175. The minimum atomic E-state index is -3.25. The Balaban J connectivity index is 3.85. The van der Waals surface area contributed by atoms with Crippen LogP contribution in [0, 0.1) is 0 Å². The van der Waals surface area contributed by atoms with Gasteiger partial charge in [-0.05, 0) is 0 Å². The highest BCUT2D eigenvalue weighted by atomic mass is 32.4. The number of hydrogen-bond acceptors (Lipinski definition) is 4. The molecule has 2 N–H and O–H groups in total. The third kappa shape index (κ3) is 4.09. The molecule has 0 aliphatic rings. The molecule has 0 bridgehead atoms. The van der Waals surface area contributed by atoms with E-state index < -0.39 is 9.57 Å². The summed E-state index contributed by atoms with van der Waals surface area (Å²) in [4.78, 5) is 0. The zero-order chi connectivity index (χ0) is 5.21. The van der Waals surface area contributed by atoms with Gasteiger partial charge in [-0.15, -0.1) is 0 Å². The Morgan fingerprint density at radius 3 is 1.83 bits per heavy atom. The quantitative estimate of drug-likeness (QED) is 0.312. The van der Waals surface area contributed by atoms with Gasteiger partial charge in [0.1, 0.15) is 0 Å². The average molecular weight is 127 g/mol. The number of rotatable bonds is 1. The largest absolute Gasteiger partial charge is 0.235 e. The molecule has 0 aromatic heterocycles. The van der Waals surface area contributed by atoms with E-state index >= 15 is 0 Å². The standard InChI is InChI=1S/H5NO3SSi/c1-4-5(2,3)6/h1H2,6H3. The molecule has 0 amide bonds. The topological polar surface area (TPSA) is 69.4 Å². The minimum Gasteiger partial charge on any atom is -0.208 e. The molecule has 4 nitrogen and oxygen atoms in total. The highest BCUT2D eigenvalue weighted by Crippen LogP contribution is 1.69. The van der Waals surface area contributed by atoms with Crippen molar-refractivity contribution in [2.24, 2.45) is 5.90 Å². The monoisotopic (exact) mass is 127 g/mol. The molecule has 0 heterocycles. The van der Waals surface area contributed by atoms with E-state index in [1.807, 2.05) is 0 Å². The third-order valence-corrected chi connectivity index (χ3v) is 1.10. The second-order valence-corrected chi connectivity index (χ2v) is 5.40. The molecule has 0 aromatic carbocycles. The number of hydrogen-bond donors (Lipinski definition) is 1. The van der Waals surface area contributed by atoms with Crippen molar-refractivity contribution in [2.75, 3.05) is 0 Å². The summed E-state index contributed by atoms with van der Waals surface area (Å²) in [6.45, 7) is 0. The van der Waals surface area contributed by atoms with Crippen LogP contribution in [0.3, 0.4) is 0 Å². The summed E-state index contributed by atoms with van der Waals surface area (Å²) in [6.07, 6.45) is 0. The van der Waals surface area contributed by atoms with E-state index in [0.29, 0.717) is 0 Å². The summed E-state index contributed by atoms with van der Waals surface area (Å²) in [6, 6.07) is 0. The van der Waals surface area contributed by atoms with Gasteiger partial charge in [0.15, 0.2) is 9.39 Å². The molecule has 0 saturated heterocycles. The molecule has 0 spiro atoms. The first-order valence-electron chi connectivity index (χ1n) is 1.14. The molecule has 0 aliphatic heterocycles. The van der Waals surface area contributed by atoms with Crippen molar-refractivity contribution in [2.45, 2.75) is 0 Å². The molecule has 0 fully saturated rings. The first kappa shape index (κ1) is 6.09. The SMILES string of the molecule is NOS(=O)(=O)[SiH3]. The second-order valence-electron chi connectivity index (χ2n) is 0.800. The van der Waals surface area contributed by atoms with Gasteiger partial charge in [-0.25, -0.2) is 8.42 Å². The Morgan fingerprint density at radius 1 is 1.67 bits per heavy atom. The van der Waals surface area contributed by atoms with Gasteiger partial charge in [0.25, 0.3) is 0 Å². The second kappa shape index (κ2) is 1.69. The van der Waals surface area contributed by atoms with Crippen LogP contribution in [0.15, 0.2) is 0 Å². The Kier molecular flexibility index (Phi) is 1.72. The van der Waals surface area contributed by atoms with Crippen molar-refractivity contribution in [1.29, 1.82) is 0 Å². The van der Waals surface area contributed by atoms with Crippen molar-refractivity contribution < 1.29 is 12.7 Å². The summed E-state index contributed by atoms with van der Waals surface area (Å²) < 4.78 is 22.9. The Hall–Kier alpha value is 0.0869. The molecule has 6 heavy (non-hydrogen) atoms. The van der Waals surface area contributed by atoms with E-state index in [4.69, 9.17) is 0 Å². The highest BCUT2D eigenvalue weighted by molar-refractivity contribution is 8.08. The van der Waals surface area contributed by atoms with Gasteiger partial charge < -0.3 is 0 Å². The van der Waals surface area contributed by atoms with Crippen LogP contribution in [0.2, 0.25) is 0 Å². The zero-order valence-corrected chi connectivity index (χ0v) is 6.03. The van der Waals surface area contributed by atoms with E-state index in [2.05, 4.69) is 10.2 Å². The van der Waals surface area contributed by atoms with Crippen LogP contribution in [-0.2, 0) is 13.9 Å². The van der Waals surface area contributed by atoms with Crippen LogP contribution >= 0.6 is 0 Å². The minimum absolute atomic E-state index is 0.0463. The van der Waals surface area contributed by atoms with Crippen LogP contribution in [-0.4, -0.2) is 17.8 Å². The van der Waals surface area contributed by atoms with Gasteiger partial charge in [-0.2, -0.15) is 10.2 Å². The molecule has 38 valence electrons. The summed E-state index contributed by atoms with van der Waals surface area (Å²) in [5.74, 6) is 4.25. The molecule has 0 unspecified atom stereocenters. The molecule has 0 aromatic rings. The molecule has 0 rings (SSSR count). The maximum atomic E-state index is 9.71. The smallest absolute Gasteiger partial charge is 0.208 e. The van der Waals surface area contributed by atoms with E-state index in [1.54, 1.807) is 0 Å². The summed E-state index contributed by atoms with van der Waals surface area (Å²) in [5.41, 5.74) is 0. The first-order valence-corrected chi connectivity index (χ1v) is 5.41. The molecule has 0 atom stereocenters. The molecular weight excluding hydrogens is 122 g/mol. The van der Waals surface area contributed by atoms with E-state index in [1.165, 1.54) is 0 Å². The fourth-order valence-electron chi connectivity index (χ4n) is 0. The van der Waals surface area contributed by atoms with E-state index in [9.17, 15) is 8.42 Å². The van der Waals surface area contributed by atoms with Crippen LogP contribution in [0.4, 0.5) is 0 Å². The average Bonchev–Trinajstić information content (AvgIpc) is 1.35. The van der Waals surface area contributed by atoms with Gasteiger partial charge in [0.05, 0.1) is 0 Å². The zero-order valence-electron chi connectivity index (χ0n) is 3.21. The van der Waals surface area contributed by atoms with Crippen molar-refractivity contribution in [3.05, 3.63) is 0 Å². The normalized spacial score (nSPS) is 12.2. The lowest BCUT2D eigenvalue weighted by molar-refractivity contribution is 0.344. The molecular formula is H5NO3SSi. The molecule has 0 radical (unpaired) electrons. The summed E-state index contributed by atoms with van der Waals surface area (Å²) >= 11 is 0. The Morgan fingerprint density at radius 2 is 1.83 bits per heavy atom. The van der Waals surface area contributed by atoms with Gasteiger partial charge in [0, 0.05) is 0 Å². The van der Waals surface area contributed by atoms with Crippen LogP contribution in [0.1, 0.15) is 0 Å². The van der Waals surface area contributed by atoms with Gasteiger partial charge in [-0.3, -0.25) is 0 Å². The summed E-state index contributed by atoms with van der Waals surface area (Å²) in [7, 11) is -3.29. The van der Waals surface area contributed by atoms with Crippen molar-refractivity contribution in [3.63, 3.8) is 0 Å². The van der Waals surface area contributed by atoms with Gasteiger partial charge in [0.2, 0.25) is 9.57 Å². The Labute approximate surface area is 38.4 Å². The Bertz CT molecular complexity index is 113. The molecule has 6 heteroatoms. The molecule has 0 saturated carbocycles. The van der Waals surface area contributed by atoms with E-state index in [0.717, 1.165) is 0 Å². The lowest BCUT2D eigenvalue weighted by atomic mass is 13.6. The van der Waals surface area contributed by atoms with Gasteiger partial charge >= 0.3 is 0 Å². The highest BCUT2D eigenvalue weighted by Gasteiger charge is 1.91. The van der Waals surface area contributed by atoms with Crippen LogP contribution in [0.5, 0.6) is 0 Å². The van der Waals surface area contributed by atoms with Crippen molar-refractivity contribution >= 4 is 19.0 Å². The van der Waals surface area contributed by atoms with Crippen LogP contribution in [0.25, 0.3) is 0 Å². The van der Waals surface area contributed by atoms with Crippen molar-refractivity contribution in [1.82, 2.24) is 0 Å². The number of nitrogens with two attached hydrogens (primary N) is 1. The van der Waals surface area contributed by atoms with Crippen molar-refractivity contribution in [3.8, 4) is 0 Å². The predicted octanol–water partition coefficient (Wildman–Crippen LogP) is -2.51. The maximum absolute atomic E-state index is 9.71. The fraction of sp³-hybridized carbons (Fsp3) is 0. The summed E-state index contributed by atoms with van der Waals surface area (Å²) in [5, 5.41) is 0. The lowest BCUT2D eigenvalue weighted by Crippen LogP contribution is -2.08. The van der Waals surface area contributed by atoms with Gasteiger partial charge in [-0.1, -0.05) is 0 Å². The predicted molar refractivity (Wildman–Crippen MR) is 24.1 cm³/mol.